The molecule has 0 spiro atoms. The van der Waals surface area contributed by atoms with E-state index < -0.39 is 53.2 Å². The number of amides is 3. The Morgan fingerprint density at radius 1 is 1.08 bits per heavy atom. The van der Waals surface area contributed by atoms with Crippen LogP contribution in [0.15, 0.2) is 53.9 Å². The Kier molecular flexibility index (Phi) is 9.41. The third-order valence-electron chi connectivity index (χ3n) is 8.88. The predicted octanol–water partition coefficient (Wildman–Crippen LogP) is 5.08. The van der Waals surface area contributed by atoms with Crippen molar-refractivity contribution < 1.29 is 33.8 Å². The van der Waals surface area contributed by atoms with Crippen molar-refractivity contribution in [3.8, 4) is 16.5 Å². The second kappa shape index (κ2) is 13.5. The number of aliphatic carboxylic acids is 1. The molecule has 6 rings (SSSR count). The minimum Gasteiger partial charge on any atom is -0.479 e. The highest BCUT2D eigenvalue weighted by Crippen LogP contribution is 2.45. The zero-order chi connectivity index (χ0) is 34.1. The zero-order valence-corrected chi connectivity index (χ0v) is 28.1. The first-order valence-electron chi connectivity index (χ1n) is 16.4. The third-order valence-corrected chi connectivity index (χ3v) is 9.76. The van der Waals surface area contributed by atoms with Gasteiger partial charge in [0.2, 0.25) is 17.7 Å². The summed E-state index contributed by atoms with van der Waals surface area (Å²) in [5.74, 6) is -2.23. The lowest BCUT2D eigenvalue weighted by atomic mass is 10.0. The van der Waals surface area contributed by atoms with Gasteiger partial charge in [-0.2, -0.15) is 0 Å². The summed E-state index contributed by atoms with van der Waals surface area (Å²) >= 11 is 1.49. The first kappa shape index (κ1) is 33.4. The van der Waals surface area contributed by atoms with E-state index in [1.54, 1.807) is 20.8 Å². The number of carbonyl (C=O) groups excluding carboxylic acids is 3. The summed E-state index contributed by atoms with van der Waals surface area (Å²) < 4.78 is 12.0. The molecule has 0 unspecified atom stereocenters. The Labute approximate surface area is 282 Å². The van der Waals surface area contributed by atoms with Gasteiger partial charge in [-0.1, -0.05) is 43.2 Å². The van der Waals surface area contributed by atoms with Crippen LogP contribution in [0.5, 0.6) is 5.88 Å². The number of hydrogen-bond acceptors (Lipinski definition) is 9. The molecule has 3 aromatic rings. The topological polar surface area (TPSA) is 160 Å². The highest BCUT2D eigenvalue weighted by molar-refractivity contribution is 7.13. The number of aromatic nitrogens is 2. The average molecular weight is 676 g/mol. The van der Waals surface area contributed by atoms with Gasteiger partial charge in [0.05, 0.1) is 22.5 Å². The van der Waals surface area contributed by atoms with Gasteiger partial charge in [0.15, 0.2) is 0 Å². The van der Waals surface area contributed by atoms with Crippen molar-refractivity contribution in [2.24, 2.45) is 5.92 Å². The monoisotopic (exact) mass is 675 g/mol. The van der Waals surface area contributed by atoms with Crippen LogP contribution in [0.3, 0.4) is 0 Å². The van der Waals surface area contributed by atoms with Gasteiger partial charge in [0, 0.05) is 12.3 Å². The number of hydrogen-bond donors (Lipinski definition) is 3. The molecule has 12 nitrogen and oxygen atoms in total. The summed E-state index contributed by atoms with van der Waals surface area (Å²) in [5.41, 5.74) is -0.337. The Hall–Kier alpha value is -4.52. The van der Waals surface area contributed by atoms with Crippen molar-refractivity contribution in [3.05, 3.63) is 53.9 Å². The molecule has 13 heteroatoms. The third kappa shape index (κ3) is 7.30. The molecule has 2 aromatic heterocycles. The molecule has 1 aromatic carbocycles. The molecule has 1 saturated carbocycles. The van der Waals surface area contributed by atoms with Crippen molar-refractivity contribution in [3.63, 3.8) is 0 Å². The maximum atomic E-state index is 14.3. The van der Waals surface area contributed by atoms with E-state index in [0.29, 0.717) is 29.6 Å². The molecule has 3 aliphatic rings. The number of alkyl carbamates (subject to hydrolysis) is 1. The second-order valence-corrected chi connectivity index (χ2v) is 14.6. The van der Waals surface area contributed by atoms with E-state index in [1.165, 1.54) is 16.2 Å². The smallest absolute Gasteiger partial charge is 0.408 e. The molecular weight excluding hydrogens is 634 g/mol. The van der Waals surface area contributed by atoms with Crippen molar-refractivity contribution >= 4 is 46.2 Å². The van der Waals surface area contributed by atoms with Gasteiger partial charge in [-0.05, 0) is 70.0 Å². The molecular formula is C35H41N5O7S. The van der Waals surface area contributed by atoms with Crippen LogP contribution in [0.25, 0.3) is 21.6 Å². The van der Waals surface area contributed by atoms with Gasteiger partial charge in [-0.25, -0.2) is 19.6 Å². The number of benzene rings is 1. The van der Waals surface area contributed by atoms with E-state index in [9.17, 15) is 24.3 Å². The Bertz CT molecular complexity index is 1720. The van der Waals surface area contributed by atoms with Gasteiger partial charge in [-0.15, -0.1) is 11.3 Å². The summed E-state index contributed by atoms with van der Waals surface area (Å²) in [7, 11) is 0. The molecule has 254 valence electrons. The Morgan fingerprint density at radius 3 is 2.56 bits per heavy atom. The van der Waals surface area contributed by atoms with E-state index >= 15 is 0 Å². The highest BCUT2D eigenvalue weighted by Gasteiger charge is 2.61. The van der Waals surface area contributed by atoms with Crippen LogP contribution in [0, 0.1) is 5.92 Å². The van der Waals surface area contributed by atoms with Crippen LogP contribution >= 0.6 is 11.3 Å². The molecule has 2 aliphatic heterocycles. The maximum absolute atomic E-state index is 14.3. The van der Waals surface area contributed by atoms with Gasteiger partial charge in [0.1, 0.15) is 35.0 Å². The van der Waals surface area contributed by atoms with E-state index in [2.05, 4.69) is 10.6 Å². The lowest BCUT2D eigenvalue weighted by Gasteiger charge is -2.30. The SMILES string of the molecule is CC(C)(C)OC(=O)N[C@H]1CCCCC/C=C\[C@H]2C[C@]2(C(=O)O)NC(=O)[C@@H]2C[C@@H](Oc3nc4ccccc4nc3-c3cccs3)CN2C1=O. The molecule has 3 N–H and O–H groups in total. The van der Waals surface area contributed by atoms with E-state index in [0.717, 1.165) is 24.1 Å². The van der Waals surface area contributed by atoms with Crippen molar-refractivity contribution in [1.82, 2.24) is 25.5 Å². The summed E-state index contributed by atoms with van der Waals surface area (Å²) in [6.07, 6.45) is 6.18. The molecule has 3 amide bonds. The number of thiophene rings is 1. The maximum Gasteiger partial charge on any atom is 0.408 e. The van der Waals surface area contributed by atoms with E-state index in [1.807, 2.05) is 53.9 Å². The van der Waals surface area contributed by atoms with Crippen LogP contribution in [0.2, 0.25) is 0 Å². The quantitative estimate of drug-likeness (QED) is 0.314. The number of nitrogens with zero attached hydrogens (tertiary/aromatic N) is 3. The van der Waals surface area contributed by atoms with Crippen molar-refractivity contribution in [2.75, 3.05) is 6.54 Å². The zero-order valence-electron chi connectivity index (χ0n) is 27.3. The second-order valence-electron chi connectivity index (χ2n) is 13.7. The molecule has 1 saturated heterocycles. The molecule has 2 fully saturated rings. The minimum absolute atomic E-state index is 0.0191. The number of rotatable bonds is 5. The van der Waals surface area contributed by atoms with Gasteiger partial charge < -0.3 is 30.1 Å². The fourth-order valence-corrected chi connectivity index (χ4v) is 7.10. The number of fused-ring (bicyclic) bond motifs is 3. The largest absolute Gasteiger partial charge is 0.479 e. The van der Waals surface area contributed by atoms with Gasteiger partial charge in [-0.3, -0.25) is 9.59 Å². The van der Waals surface area contributed by atoms with E-state index in [-0.39, 0.29) is 31.2 Å². The number of ether oxygens (including phenoxy) is 2. The van der Waals surface area contributed by atoms with Crippen LogP contribution in [-0.2, 0) is 19.1 Å². The number of carbonyl (C=O) groups is 4. The molecule has 1 aliphatic carbocycles. The average Bonchev–Trinajstić information content (AvgIpc) is 3.34. The first-order chi connectivity index (χ1) is 22.9. The fourth-order valence-electron chi connectivity index (χ4n) is 6.39. The lowest BCUT2D eigenvalue weighted by molar-refractivity contribution is -0.145. The summed E-state index contributed by atoms with van der Waals surface area (Å²) in [6, 6.07) is 9.27. The lowest BCUT2D eigenvalue weighted by Crippen LogP contribution is -2.56. The number of para-hydroxylation sites is 2. The number of allylic oxidation sites excluding steroid dienone is 1. The normalized spacial score (nSPS) is 27.1. The van der Waals surface area contributed by atoms with Crippen LogP contribution in [0.4, 0.5) is 4.79 Å². The predicted molar refractivity (Wildman–Crippen MR) is 179 cm³/mol. The Morgan fingerprint density at radius 2 is 1.85 bits per heavy atom. The summed E-state index contributed by atoms with van der Waals surface area (Å²) in [4.78, 5) is 65.5. The number of carboxylic acids is 1. The molecule has 4 heterocycles. The number of nitrogens with one attached hydrogen (secondary N) is 2. The van der Waals surface area contributed by atoms with Gasteiger partial charge >= 0.3 is 12.1 Å². The first-order valence-corrected chi connectivity index (χ1v) is 17.3. The van der Waals surface area contributed by atoms with Crippen LogP contribution < -0.4 is 15.4 Å². The molecule has 0 bridgehead atoms. The summed E-state index contributed by atoms with van der Waals surface area (Å²) in [5, 5.41) is 17.6. The van der Waals surface area contributed by atoms with Crippen molar-refractivity contribution in [2.45, 2.75) is 95.0 Å². The highest BCUT2D eigenvalue weighted by atomic mass is 32.1. The fraction of sp³-hybridized carbons (Fsp3) is 0.486. The Balaban J connectivity index is 1.32. The molecule has 0 radical (unpaired) electrons. The molecule has 5 atom stereocenters. The van der Waals surface area contributed by atoms with E-state index in [4.69, 9.17) is 19.4 Å². The van der Waals surface area contributed by atoms with Crippen molar-refractivity contribution in [1.29, 1.82) is 0 Å². The van der Waals surface area contributed by atoms with Gasteiger partial charge in [0.25, 0.3) is 0 Å². The van der Waals surface area contributed by atoms with Crippen LogP contribution in [-0.4, -0.2) is 79.7 Å². The molecule has 48 heavy (non-hydrogen) atoms. The standard InChI is InChI=1S/C35H41N5O7S/c1-34(2,3)47-33(45)38-25-15-8-6-4-5-7-12-21-19-35(21,32(43)44)39-29(41)26-18-22(20-40(26)31(25)42)46-30-28(27-16-11-17-48-27)36-23-13-9-10-14-24(23)37-30/h7,9-14,16-17,21-22,25-26H,4-6,8,15,18-20H2,1-3H3,(H,38,45)(H,39,41)(H,43,44)/b12-7-/t21-,22+,25-,26-,35-/m0/s1. The number of carboxylic acid groups (broad SMARTS) is 1. The summed E-state index contributed by atoms with van der Waals surface area (Å²) in [6.45, 7) is 5.24. The van der Waals surface area contributed by atoms with Crippen LogP contribution in [0.1, 0.15) is 65.7 Å². The minimum atomic E-state index is -1.44.